The van der Waals surface area contributed by atoms with Gasteiger partial charge in [-0.15, -0.1) is 0 Å². The summed E-state index contributed by atoms with van der Waals surface area (Å²) in [6, 6.07) is 6.79. The second-order valence-corrected chi connectivity index (χ2v) is 9.87. The highest BCUT2D eigenvalue weighted by molar-refractivity contribution is 7.89. The molecule has 1 fully saturated rings. The minimum absolute atomic E-state index is 0.168. The number of ether oxygens (including phenoxy) is 1. The van der Waals surface area contributed by atoms with Crippen molar-refractivity contribution >= 4 is 32.7 Å². The number of sulfonamides is 1. The third kappa shape index (κ3) is 4.25. The van der Waals surface area contributed by atoms with Crippen LogP contribution >= 0.6 is 0 Å². The maximum Gasteiger partial charge on any atom is 0.255 e. The van der Waals surface area contributed by atoms with Crippen LogP contribution < -0.4 is 5.32 Å². The molecular weight excluding hydrogens is 430 g/mol. The Balaban J connectivity index is 1.61. The fraction of sp³-hybridized carbons (Fsp3) is 0.409. The summed E-state index contributed by atoms with van der Waals surface area (Å²) >= 11 is 0. The first-order valence-electron chi connectivity index (χ1n) is 10.7. The number of hydrogen-bond donors (Lipinski definition) is 1. The molecule has 1 saturated heterocycles. The first kappa shape index (κ1) is 22.4. The summed E-state index contributed by atoms with van der Waals surface area (Å²) in [6.45, 7) is 7.27. The van der Waals surface area contributed by atoms with Crippen LogP contribution in [0, 0.1) is 0 Å². The zero-order chi connectivity index (χ0) is 22.9. The van der Waals surface area contributed by atoms with Crippen LogP contribution in [0.15, 0.2) is 41.6 Å². The molecule has 1 N–H and O–H groups in total. The number of nitrogens with one attached hydrogen (secondary N) is 1. The Bertz CT molecular complexity index is 1250. The molecular formula is C22H27N5O4S. The molecule has 0 unspecified atom stereocenters. The number of anilines is 1. The van der Waals surface area contributed by atoms with Crippen LogP contribution in [0.5, 0.6) is 0 Å². The zero-order valence-corrected chi connectivity index (χ0v) is 19.2. The van der Waals surface area contributed by atoms with E-state index in [-0.39, 0.29) is 16.5 Å². The maximum absolute atomic E-state index is 13.2. The van der Waals surface area contributed by atoms with Crippen LogP contribution in [-0.2, 0) is 21.2 Å². The average Bonchev–Trinajstić information content (AvgIpc) is 3.22. The molecule has 0 radical (unpaired) electrons. The second-order valence-electron chi connectivity index (χ2n) is 7.97. The van der Waals surface area contributed by atoms with Crippen molar-refractivity contribution in [1.82, 2.24) is 19.1 Å². The molecule has 0 aliphatic carbocycles. The molecule has 1 aromatic carbocycles. The molecule has 3 aromatic rings. The third-order valence-corrected chi connectivity index (χ3v) is 7.46. The van der Waals surface area contributed by atoms with Crippen molar-refractivity contribution in [2.24, 2.45) is 0 Å². The zero-order valence-electron chi connectivity index (χ0n) is 18.4. The van der Waals surface area contributed by atoms with Gasteiger partial charge in [-0.1, -0.05) is 13.0 Å². The van der Waals surface area contributed by atoms with Crippen molar-refractivity contribution in [3.05, 3.63) is 47.8 Å². The summed E-state index contributed by atoms with van der Waals surface area (Å²) in [5, 5.41) is 7.97. The van der Waals surface area contributed by atoms with Crippen molar-refractivity contribution in [3.63, 3.8) is 0 Å². The Kier molecular flexibility index (Phi) is 6.27. The number of fused-ring (bicyclic) bond motifs is 1. The fourth-order valence-electron chi connectivity index (χ4n) is 3.74. The van der Waals surface area contributed by atoms with E-state index in [1.54, 1.807) is 30.6 Å². The molecule has 3 heterocycles. The van der Waals surface area contributed by atoms with E-state index in [2.05, 4.69) is 15.4 Å². The highest BCUT2D eigenvalue weighted by Crippen LogP contribution is 2.25. The summed E-state index contributed by atoms with van der Waals surface area (Å²) in [7, 11) is -3.72. The quantitative estimate of drug-likeness (QED) is 0.610. The predicted molar refractivity (Wildman–Crippen MR) is 121 cm³/mol. The molecule has 0 atom stereocenters. The van der Waals surface area contributed by atoms with E-state index in [4.69, 9.17) is 4.74 Å². The van der Waals surface area contributed by atoms with E-state index in [1.807, 2.05) is 25.5 Å². The summed E-state index contributed by atoms with van der Waals surface area (Å²) in [5.74, 6) is -0.400. The van der Waals surface area contributed by atoms with Crippen molar-refractivity contribution < 1.29 is 17.9 Å². The third-order valence-electron chi connectivity index (χ3n) is 5.48. The van der Waals surface area contributed by atoms with E-state index in [9.17, 15) is 13.2 Å². The summed E-state index contributed by atoms with van der Waals surface area (Å²) in [4.78, 5) is 17.5. The largest absolute Gasteiger partial charge is 0.379 e. The summed E-state index contributed by atoms with van der Waals surface area (Å²) in [6.07, 6.45) is 3.83. The van der Waals surface area contributed by atoms with Gasteiger partial charge >= 0.3 is 0 Å². The Morgan fingerprint density at radius 1 is 1.19 bits per heavy atom. The van der Waals surface area contributed by atoms with Gasteiger partial charge in [-0.05, 0) is 44.0 Å². The number of carbonyl (C=O) groups excluding carboxylic acids is 1. The van der Waals surface area contributed by atoms with Crippen LogP contribution in [0.2, 0.25) is 0 Å². The van der Waals surface area contributed by atoms with Gasteiger partial charge in [0.25, 0.3) is 5.91 Å². The van der Waals surface area contributed by atoms with Crippen LogP contribution in [-0.4, -0.2) is 59.7 Å². The predicted octanol–water partition coefficient (Wildman–Crippen LogP) is 2.85. The van der Waals surface area contributed by atoms with Gasteiger partial charge in [0, 0.05) is 30.1 Å². The van der Waals surface area contributed by atoms with E-state index in [1.165, 1.54) is 10.4 Å². The number of carbonyl (C=O) groups is 1. The molecule has 1 aliphatic heterocycles. The van der Waals surface area contributed by atoms with Gasteiger partial charge in [-0.3, -0.25) is 4.79 Å². The Hall–Kier alpha value is -2.82. The molecule has 9 nitrogen and oxygen atoms in total. The van der Waals surface area contributed by atoms with E-state index in [0.29, 0.717) is 44.0 Å². The number of nitrogens with zero attached hydrogens (tertiary/aromatic N) is 4. The van der Waals surface area contributed by atoms with E-state index < -0.39 is 15.9 Å². The molecule has 4 rings (SSSR count). The van der Waals surface area contributed by atoms with Crippen molar-refractivity contribution in [3.8, 4) is 0 Å². The van der Waals surface area contributed by atoms with E-state index in [0.717, 1.165) is 11.0 Å². The van der Waals surface area contributed by atoms with Gasteiger partial charge in [-0.25, -0.2) is 18.1 Å². The molecule has 1 aliphatic rings. The van der Waals surface area contributed by atoms with Gasteiger partial charge in [-0.2, -0.15) is 9.40 Å². The number of morpholine rings is 1. The SMILES string of the molecule is CCc1ccc(C(=O)Nc2cnc3c(cnn3C(C)C)c2)cc1S(=O)(=O)N1CCOCC1. The van der Waals surface area contributed by atoms with Gasteiger partial charge in [0.05, 0.1) is 36.2 Å². The van der Waals surface area contributed by atoms with Gasteiger partial charge < -0.3 is 10.1 Å². The molecule has 10 heteroatoms. The first-order valence-corrected chi connectivity index (χ1v) is 12.1. The monoisotopic (exact) mass is 457 g/mol. The van der Waals surface area contributed by atoms with Crippen LogP contribution in [0.1, 0.15) is 42.7 Å². The first-order chi connectivity index (χ1) is 15.3. The Morgan fingerprint density at radius 3 is 2.62 bits per heavy atom. The molecule has 32 heavy (non-hydrogen) atoms. The molecule has 0 spiro atoms. The number of rotatable bonds is 6. The summed E-state index contributed by atoms with van der Waals surface area (Å²) < 4.78 is 35.0. The molecule has 1 amide bonds. The van der Waals surface area contributed by atoms with Crippen molar-refractivity contribution in [1.29, 1.82) is 0 Å². The molecule has 170 valence electrons. The molecule has 0 bridgehead atoms. The van der Waals surface area contributed by atoms with Gasteiger partial charge in [0.1, 0.15) is 0 Å². The van der Waals surface area contributed by atoms with Crippen LogP contribution in [0.3, 0.4) is 0 Å². The number of amides is 1. The number of aromatic nitrogens is 3. The normalized spacial score (nSPS) is 15.4. The molecule has 0 saturated carbocycles. The van der Waals surface area contributed by atoms with Gasteiger partial charge in [0.15, 0.2) is 5.65 Å². The maximum atomic E-state index is 13.2. The lowest BCUT2D eigenvalue weighted by Gasteiger charge is -2.27. The van der Waals surface area contributed by atoms with Crippen molar-refractivity contribution in [2.75, 3.05) is 31.6 Å². The highest BCUT2D eigenvalue weighted by Gasteiger charge is 2.29. The number of pyridine rings is 1. The topological polar surface area (TPSA) is 106 Å². The molecule has 2 aromatic heterocycles. The van der Waals surface area contributed by atoms with Crippen LogP contribution in [0.25, 0.3) is 11.0 Å². The van der Waals surface area contributed by atoms with E-state index >= 15 is 0 Å². The highest BCUT2D eigenvalue weighted by atomic mass is 32.2. The van der Waals surface area contributed by atoms with Crippen molar-refractivity contribution in [2.45, 2.75) is 38.1 Å². The lowest BCUT2D eigenvalue weighted by Crippen LogP contribution is -2.41. The Labute approximate surface area is 187 Å². The lowest BCUT2D eigenvalue weighted by molar-refractivity contribution is 0.0730. The second kappa shape index (κ2) is 8.97. The number of benzene rings is 1. The lowest BCUT2D eigenvalue weighted by atomic mass is 10.1. The smallest absolute Gasteiger partial charge is 0.255 e. The average molecular weight is 458 g/mol. The summed E-state index contributed by atoms with van der Waals surface area (Å²) in [5.41, 5.74) is 2.20. The Morgan fingerprint density at radius 2 is 1.94 bits per heavy atom. The van der Waals surface area contributed by atoms with Gasteiger partial charge in [0.2, 0.25) is 10.0 Å². The number of hydrogen-bond acceptors (Lipinski definition) is 6. The fourth-order valence-corrected chi connectivity index (χ4v) is 5.47. The standard InChI is InChI=1S/C22H27N5O4S/c1-4-16-5-6-17(12-20(16)32(29,30)26-7-9-31-10-8-26)22(28)25-19-11-18-13-24-27(15(2)3)21(18)23-14-19/h5-6,11-15H,4,7-10H2,1-3H3,(H,25,28). The minimum Gasteiger partial charge on any atom is -0.379 e. The van der Waals surface area contributed by atoms with Crippen LogP contribution in [0.4, 0.5) is 5.69 Å². The number of aryl methyl sites for hydroxylation is 1. The minimum atomic E-state index is -3.72.